The lowest BCUT2D eigenvalue weighted by Crippen LogP contribution is -1.81. The van der Waals surface area contributed by atoms with Gasteiger partial charge in [0, 0.05) is 0 Å². The van der Waals surface area contributed by atoms with Gasteiger partial charge in [-0.2, -0.15) is 9.98 Å². The van der Waals surface area contributed by atoms with Gasteiger partial charge in [-0.3, -0.25) is 0 Å². The van der Waals surface area contributed by atoms with E-state index in [1.165, 1.54) is 18.2 Å². The average molecular weight is 200 g/mol. The van der Waals surface area contributed by atoms with Gasteiger partial charge in [-0.1, -0.05) is 12.1 Å². The van der Waals surface area contributed by atoms with Crippen molar-refractivity contribution >= 4 is 23.5 Å². The van der Waals surface area contributed by atoms with E-state index in [0.29, 0.717) is 17.8 Å². The van der Waals surface area contributed by atoms with Crippen molar-refractivity contribution in [2.45, 2.75) is 6.42 Å². The van der Waals surface area contributed by atoms with E-state index in [4.69, 9.17) is 0 Å². The van der Waals surface area contributed by atoms with E-state index in [1.54, 1.807) is 18.2 Å². The Balaban J connectivity index is 3.24. The van der Waals surface area contributed by atoms with E-state index in [-0.39, 0.29) is 0 Å². The van der Waals surface area contributed by atoms with E-state index in [2.05, 4.69) is 16.6 Å². The number of nitrogens with zero attached hydrogens (tertiary/aromatic N) is 2. The van der Waals surface area contributed by atoms with Gasteiger partial charge in [0.25, 0.3) is 0 Å². The summed E-state index contributed by atoms with van der Waals surface area (Å²) in [4.78, 5) is 27.2. The average Bonchev–Trinajstić information content (AvgIpc) is 2.23. The highest BCUT2D eigenvalue weighted by molar-refractivity contribution is 5.62. The standard InChI is InChI=1S/C11H8N2O2/c1-2-3-9-4-5-10(12-7-14)6-11(9)13-8-15/h2,4-6H,1,3H2. The molecule has 0 spiro atoms. The van der Waals surface area contributed by atoms with Crippen molar-refractivity contribution in [1.82, 2.24) is 0 Å². The van der Waals surface area contributed by atoms with Crippen LogP contribution in [-0.2, 0) is 16.0 Å². The van der Waals surface area contributed by atoms with Gasteiger partial charge in [0.15, 0.2) is 0 Å². The van der Waals surface area contributed by atoms with Crippen LogP contribution < -0.4 is 0 Å². The number of isocyanates is 2. The first-order chi connectivity index (χ1) is 7.31. The minimum atomic E-state index is 0.409. The summed E-state index contributed by atoms with van der Waals surface area (Å²) >= 11 is 0. The summed E-state index contributed by atoms with van der Waals surface area (Å²) < 4.78 is 0. The summed E-state index contributed by atoms with van der Waals surface area (Å²) in [7, 11) is 0. The van der Waals surface area contributed by atoms with Crippen molar-refractivity contribution in [1.29, 1.82) is 0 Å². The maximum atomic E-state index is 10.2. The van der Waals surface area contributed by atoms with Crippen LogP contribution in [0.25, 0.3) is 0 Å². The van der Waals surface area contributed by atoms with Gasteiger partial charge in [-0.25, -0.2) is 9.59 Å². The quantitative estimate of drug-likeness (QED) is 0.425. The SMILES string of the molecule is C=CCc1ccc(N=C=O)cc1N=C=O. The number of allylic oxidation sites excluding steroid dienone is 1. The Morgan fingerprint density at radius 3 is 2.60 bits per heavy atom. The van der Waals surface area contributed by atoms with Crippen LogP contribution in [0.4, 0.5) is 11.4 Å². The second-order valence-electron chi connectivity index (χ2n) is 2.71. The summed E-state index contributed by atoms with van der Waals surface area (Å²) in [5, 5.41) is 0. The molecule has 1 aromatic carbocycles. The van der Waals surface area contributed by atoms with Crippen molar-refractivity contribution in [2.24, 2.45) is 9.98 Å². The molecule has 0 saturated carbocycles. The molecule has 0 aromatic heterocycles. The van der Waals surface area contributed by atoms with Crippen LogP contribution in [0.3, 0.4) is 0 Å². The summed E-state index contributed by atoms with van der Waals surface area (Å²) in [5.41, 5.74) is 1.69. The van der Waals surface area contributed by atoms with Gasteiger partial charge in [-0.15, -0.1) is 6.58 Å². The van der Waals surface area contributed by atoms with Crippen LogP contribution in [0.15, 0.2) is 40.8 Å². The van der Waals surface area contributed by atoms with Crippen LogP contribution >= 0.6 is 0 Å². The molecule has 0 aliphatic rings. The number of aliphatic imine (C=N–C) groups is 2. The summed E-state index contributed by atoms with van der Waals surface area (Å²) in [6.45, 7) is 3.59. The molecule has 74 valence electrons. The molecule has 0 aliphatic heterocycles. The Labute approximate surface area is 86.7 Å². The lowest BCUT2D eigenvalue weighted by Gasteiger charge is -2.01. The third kappa shape index (κ3) is 2.85. The first-order valence-electron chi connectivity index (χ1n) is 4.21. The molecule has 15 heavy (non-hydrogen) atoms. The molecule has 0 aliphatic carbocycles. The van der Waals surface area contributed by atoms with E-state index in [9.17, 15) is 9.59 Å². The maximum Gasteiger partial charge on any atom is 0.240 e. The number of hydrogen-bond acceptors (Lipinski definition) is 4. The molecule has 0 bridgehead atoms. The molecule has 0 N–H and O–H groups in total. The molecule has 0 fully saturated rings. The zero-order valence-corrected chi connectivity index (χ0v) is 7.93. The van der Waals surface area contributed by atoms with Crippen molar-refractivity contribution in [3.05, 3.63) is 36.4 Å². The van der Waals surface area contributed by atoms with Crippen LogP contribution in [0, 0.1) is 0 Å². The Bertz CT molecular complexity index is 467. The van der Waals surface area contributed by atoms with Gasteiger partial charge >= 0.3 is 0 Å². The zero-order chi connectivity index (χ0) is 11.1. The third-order valence-corrected chi connectivity index (χ3v) is 1.77. The minimum absolute atomic E-state index is 0.409. The van der Waals surface area contributed by atoms with E-state index in [1.807, 2.05) is 0 Å². The fourth-order valence-corrected chi connectivity index (χ4v) is 1.16. The third-order valence-electron chi connectivity index (χ3n) is 1.77. The van der Waals surface area contributed by atoms with Crippen molar-refractivity contribution in [3.63, 3.8) is 0 Å². The Hall–Kier alpha value is -2.28. The fourth-order valence-electron chi connectivity index (χ4n) is 1.16. The van der Waals surface area contributed by atoms with Gasteiger partial charge in [0.05, 0.1) is 11.4 Å². The fraction of sp³-hybridized carbons (Fsp3) is 0.0909. The predicted molar refractivity (Wildman–Crippen MR) is 55.9 cm³/mol. The first-order valence-corrected chi connectivity index (χ1v) is 4.21. The van der Waals surface area contributed by atoms with Crippen LogP contribution in [-0.4, -0.2) is 12.2 Å². The lowest BCUT2D eigenvalue weighted by molar-refractivity contribution is 0.565. The number of benzene rings is 1. The highest BCUT2D eigenvalue weighted by Gasteiger charge is 2.01. The van der Waals surface area contributed by atoms with Crippen LogP contribution in [0.1, 0.15) is 5.56 Å². The van der Waals surface area contributed by atoms with Gasteiger partial charge < -0.3 is 0 Å². The molecule has 1 rings (SSSR count). The van der Waals surface area contributed by atoms with E-state index in [0.717, 1.165) is 5.56 Å². The van der Waals surface area contributed by atoms with Gasteiger partial charge in [0.2, 0.25) is 12.2 Å². The molecule has 0 amide bonds. The minimum Gasteiger partial charge on any atom is -0.211 e. The Kier molecular flexibility index (Phi) is 3.92. The second-order valence-corrected chi connectivity index (χ2v) is 2.71. The molecular formula is C11H8N2O2. The number of hydrogen-bond donors (Lipinski definition) is 0. The zero-order valence-electron chi connectivity index (χ0n) is 7.93. The largest absolute Gasteiger partial charge is 0.240 e. The summed E-state index contributed by atoms with van der Waals surface area (Å²) in [5.74, 6) is 0. The van der Waals surface area contributed by atoms with E-state index >= 15 is 0 Å². The van der Waals surface area contributed by atoms with Crippen molar-refractivity contribution < 1.29 is 9.59 Å². The van der Waals surface area contributed by atoms with Crippen LogP contribution in [0.5, 0.6) is 0 Å². The smallest absolute Gasteiger partial charge is 0.211 e. The molecule has 0 saturated heterocycles. The normalized spacial score (nSPS) is 8.53. The van der Waals surface area contributed by atoms with Crippen LogP contribution in [0.2, 0.25) is 0 Å². The highest BCUT2D eigenvalue weighted by atomic mass is 16.1. The van der Waals surface area contributed by atoms with Crippen molar-refractivity contribution in [2.75, 3.05) is 0 Å². The molecule has 4 heteroatoms. The Morgan fingerprint density at radius 1 is 1.27 bits per heavy atom. The summed E-state index contributed by atoms with van der Waals surface area (Å²) in [6, 6.07) is 4.90. The maximum absolute atomic E-state index is 10.2. The molecular weight excluding hydrogens is 192 g/mol. The molecule has 0 atom stereocenters. The molecule has 0 unspecified atom stereocenters. The van der Waals surface area contributed by atoms with E-state index < -0.39 is 0 Å². The molecule has 0 heterocycles. The molecule has 0 radical (unpaired) electrons. The number of carbonyl (C=O) groups excluding carboxylic acids is 2. The topological polar surface area (TPSA) is 58.9 Å². The predicted octanol–water partition coefficient (Wildman–Crippen LogP) is 2.35. The van der Waals surface area contributed by atoms with Gasteiger partial charge in [-0.05, 0) is 24.1 Å². The monoisotopic (exact) mass is 200 g/mol. The molecule has 4 nitrogen and oxygen atoms in total. The van der Waals surface area contributed by atoms with Gasteiger partial charge in [0.1, 0.15) is 0 Å². The molecule has 1 aromatic rings. The highest BCUT2D eigenvalue weighted by Crippen LogP contribution is 2.25. The first kappa shape index (κ1) is 10.8. The lowest BCUT2D eigenvalue weighted by atomic mass is 10.1. The Morgan fingerprint density at radius 2 is 2.00 bits per heavy atom. The number of rotatable bonds is 4. The van der Waals surface area contributed by atoms with Crippen molar-refractivity contribution in [3.8, 4) is 0 Å². The second kappa shape index (κ2) is 5.45. The summed E-state index contributed by atoms with van der Waals surface area (Å²) in [6.07, 6.45) is 5.16.